The summed E-state index contributed by atoms with van der Waals surface area (Å²) in [6.07, 6.45) is 3.91. The van der Waals surface area contributed by atoms with Crippen LogP contribution in [0.4, 0.5) is 0 Å². The van der Waals surface area contributed by atoms with Crippen molar-refractivity contribution in [2.75, 3.05) is 13.6 Å². The first-order valence-corrected chi connectivity index (χ1v) is 7.33. The Bertz CT molecular complexity index is 386. The minimum absolute atomic E-state index is 0.833. The maximum atomic E-state index is 4.57. The Kier molecular flexibility index (Phi) is 4.26. The van der Waals surface area contributed by atoms with E-state index in [-0.39, 0.29) is 0 Å². The monoisotopic (exact) mass is 299 g/mol. The molecule has 1 fully saturated rings. The van der Waals surface area contributed by atoms with Crippen LogP contribution >= 0.6 is 15.9 Å². The minimum atomic E-state index is 0.833. The summed E-state index contributed by atoms with van der Waals surface area (Å²) in [4.78, 5) is 0. The summed E-state index contributed by atoms with van der Waals surface area (Å²) in [5.74, 6) is 1.69. The molecule has 2 rings (SSSR count). The van der Waals surface area contributed by atoms with Gasteiger partial charge in [-0.2, -0.15) is 5.10 Å². The van der Waals surface area contributed by atoms with E-state index >= 15 is 0 Å². The quantitative estimate of drug-likeness (QED) is 0.906. The van der Waals surface area contributed by atoms with E-state index in [9.17, 15) is 0 Å². The van der Waals surface area contributed by atoms with Gasteiger partial charge >= 0.3 is 0 Å². The van der Waals surface area contributed by atoms with Gasteiger partial charge in [-0.1, -0.05) is 0 Å². The first-order valence-electron chi connectivity index (χ1n) is 6.53. The molecule has 2 unspecified atom stereocenters. The summed E-state index contributed by atoms with van der Waals surface area (Å²) in [5.41, 5.74) is 2.50. The number of aromatic nitrogens is 2. The fraction of sp³-hybridized carbons (Fsp3) is 0.769. The van der Waals surface area contributed by atoms with Crippen molar-refractivity contribution >= 4 is 15.9 Å². The lowest BCUT2D eigenvalue weighted by atomic mass is 9.71. The lowest BCUT2D eigenvalue weighted by molar-refractivity contribution is 0.171. The molecule has 0 bridgehead atoms. The summed E-state index contributed by atoms with van der Waals surface area (Å²) >= 11 is 3.68. The molecule has 1 N–H and O–H groups in total. The molecule has 1 aromatic rings. The lowest BCUT2D eigenvalue weighted by Crippen LogP contribution is -2.35. The maximum absolute atomic E-state index is 4.57. The Morgan fingerprint density at radius 1 is 1.41 bits per heavy atom. The van der Waals surface area contributed by atoms with Gasteiger partial charge in [0.1, 0.15) is 0 Å². The van der Waals surface area contributed by atoms with Gasteiger partial charge in [0.2, 0.25) is 0 Å². The Labute approximate surface area is 112 Å². The number of hydrogen-bond donors (Lipinski definition) is 1. The first kappa shape index (κ1) is 13.1. The second-order valence-corrected chi connectivity index (χ2v) is 5.81. The highest BCUT2D eigenvalue weighted by atomic mass is 79.9. The van der Waals surface area contributed by atoms with Crippen LogP contribution < -0.4 is 5.32 Å². The summed E-state index contributed by atoms with van der Waals surface area (Å²) in [6.45, 7) is 6.35. The third-order valence-electron chi connectivity index (χ3n) is 3.95. The third-order valence-corrected chi connectivity index (χ3v) is 4.98. The van der Waals surface area contributed by atoms with Gasteiger partial charge in [0, 0.05) is 6.54 Å². The molecule has 1 aromatic heterocycles. The van der Waals surface area contributed by atoms with E-state index in [4.69, 9.17) is 0 Å². The molecule has 1 aliphatic rings. The molecule has 1 aliphatic carbocycles. The van der Waals surface area contributed by atoms with Crippen molar-refractivity contribution in [1.29, 1.82) is 0 Å². The number of hydrogen-bond acceptors (Lipinski definition) is 2. The number of rotatable bonds is 5. The molecule has 0 radical (unpaired) electrons. The van der Waals surface area contributed by atoms with E-state index in [0.717, 1.165) is 30.6 Å². The van der Waals surface area contributed by atoms with Crippen LogP contribution in [0.15, 0.2) is 4.47 Å². The van der Waals surface area contributed by atoms with Gasteiger partial charge in [-0.25, -0.2) is 0 Å². The van der Waals surface area contributed by atoms with Crippen molar-refractivity contribution in [2.24, 2.45) is 11.8 Å². The van der Waals surface area contributed by atoms with Gasteiger partial charge in [-0.05, 0) is 74.5 Å². The first-order chi connectivity index (χ1) is 8.17. The molecule has 3 nitrogen and oxygen atoms in total. The molecule has 0 aliphatic heterocycles. The standard InChI is InChI=1S/C13H22BrN3/c1-4-17-12(13(14)9(2)16-17)7-10-5-6-11(10)8-15-3/h10-11,15H,4-8H2,1-3H3. The summed E-state index contributed by atoms with van der Waals surface area (Å²) < 4.78 is 3.36. The van der Waals surface area contributed by atoms with Gasteiger partial charge < -0.3 is 5.32 Å². The highest BCUT2D eigenvalue weighted by Crippen LogP contribution is 2.38. The van der Waals surface area contributed by atoms with Gasteiger partial charge in [0.25, 0.3) is 0 Å². The van der Waals surface area contributed by atoms with Crippen LogP contribution in [0.1, 0.15) is 31.2 Å². The number of aryl methyl sites for hydroxylation is 2. The predicted molar refractivity (Wildman–Crippen MR) is 74.2 cm³/mol. The second kappa shape index (κ2) is 5.53. The molecule has 0 amide bonds. The van der Waals surface area contributed by atoms with Gasteiger partial charge in [-0.15, -0.1) is 0 Å². The van der Waals surface area contributed by atoms with E-state index in [1.54, 1.807) is 0 Å². The molecule has 0 spiro atoms. The molecule has 2 atom stereocenters. The highest BCUT2D eigenvalue weighted by molar-refractivity contribution is 9.10. The minimum Gasteiger partial charge on any atom is -0.319 e. The lowest BCUT2D eigenvalue weighted by Gasteiger charge is -2.36. The van der Waals surface area contributed by atoms with Crippen molar-refractivity contribution < 1.29 is 0 Å². The van der Waals surface area contributed by atoms with Crippen molar-refractivity contribution in [2.45, 2.75) is 39.7 Å². The number of nitrogens with zero attached hydrogens (tertiary/aromatic N) is 2. The van der Waals surface area contributed by atoms with E-state index < -0.39 is 0 Å². The number of halogens is 1. The van der Waals surface area contributed by atoms with Crippen LogP contribution in [0.3, 0.4) is 0 Å². The van der Waals surface area contributed by atoms with E-state index in [2.05, 4.69) is 44.9 Å². The second-order valence-electron chi connectivity index (χ2n) is 5.02. The topological polar surface area (TPSA) is 29.9 Å². The van der Waals surface area contributed by atoms with Crippen LogP contribution in [0.25, 0.3) is 0 Å². The molecule has 0 saturated heterocycles. The van der Waals surface area contributed by atoms with Crippen LogP contribution in [0.5, 0.6) is 0 Å². The normalized spacial score (nSPS) is 23.8. The fourth-order valence-corrected chi connectivity index (χ4v) is 3.20. The average molecular weight is 300 g/mol. The van der Waals surface area contributed by atoms with E-state index in [0.29, 0.717) is 0 Å². The Morgan fingerprint density at radius 2 is 2.12 bits per heavy atom. The Hall–Kier alpha value is -0.350. The molecule has 1 saturated carbocycles. The fourth-order valence-electron chi connectivity index (χ4n) is 2.75. The van der Waals surface area contributed by atoms with E-state index in [1.807, 2.05) is 7.05 Å². The predicted octanol–water partition coefficient (Wildman–Crippen LogP) is 2.76. The average Bonchev–Trinajstić information content (AvgIpc) is 2.58. The zero-order chi connectivity index (χ0) is 12.4. The molecule has 0 aromatic carbocycles. The molecule has 17 heavy (non-hydrogen) atoms. The molecule has 96 valence electrons. The zero-order valence-corrected chi connectivity index (χ0v) is 12.5. The van der Waals surface area contributed by atoms with Crippen LogP contribution in [-0.2, 0) is 13.0 Å². The van der Waals surface area contributed by atoms with Crippen molar-refractivity contribution in [3.63, 3.8) is 0 Å². The third kappa shape index (κ3) is 2.58. The summed E-state index contributed by atoms with van der Waals surface area (Å²) in [5, 5.41) is 7.86. The molecule has 1 heterocycles. The SMILES string of the molecule is CCn1nc(C)c(Br)c1CC1CCC1CNC. The highest BCUT2D eigenvalue weighted by Gasteiger charge is 2.31. The largest absolute Gasteiger partial charge is 0.319 e. The van der Waals surface area contributed by atoms with Gasteiger partial charge in [-0.3, -0.25) is 4.68 Å². The summed E-state index contributed by atoms with van der Waals surface area (Å²) in [6, 6.07) is 0. The smallest absolute Gasteiger partial charge is 0.0738 e. The maximum Gasteiger partial charge on any atom is 0.0738 e. The van der Waals surface area contributed by atoms with Crippen molar-refractivity contribution in [1.82, 2.24) is 15.1 Å². The number of nitrogens with one attached hydrogen (secondary N) is 1. The van der Waals surface area contributed by atoms with Gasteiger partial charge in [0.05, 0.1) is 15.9 Å². The van der Waals surface area contributed by atoms with E-state index in [1.165, 1.54) is 29.4 Å². The van der Waals surface area contributed by atoms with Gasteiger partial charge in [0.15, 0.2) is 0 Å². The molecular weight excluding hydrogens is 278 g/mol. The van der Waals surface area contributed by atoms with Crippen LogP contribution in [-0.4, -0.2) is 23.4 Å². The Morgan fingerprint density at radius 3 is 2.65 bits per heavy atom. The summed E-state index contributed by atoms with van der Waals surface area (Å²) in [7, 11) is 2.05. The zero-order valence-electron chi connectivity index (χ0n) is 11.0. The molecular formula is C13H22BrN3. The molecule has 4 heteroatoms. The van der Waals surface area contributed by atoms with Crippen LogP contribution in [0.2, 0.25) is 0 Å². The van der Waals surface area contributed by atoms with Crippen LogP contribution in [0, 0.1) is 18.8 Å². The van der Waals surface area contributed by atoms with Crippen molar-refractivity contribution in [3.05, 3.63) is 15.9 Å². The Balaban J connectivity index is 2.08. The van der Waals surface area contributed by atoms with Crippen molar-refractivity contribution in [3.8, 4) is 0 Å².